The predicted molar refractivity (Wildman–Crippen MR) is 118 cm³/mol. The number of rotatable bonds is 9. The summed E-state index contributed by atoms with van der Waals surface area (Å²) in [6.07, 6.45) is 3.57. The molecule has 17 heteroatoms. The smallest absolute Gasteiger partial charge is 0.310 e. The summed E-state index contributed by atoms with van der Waals surface area (Å²) >= 11 is 0. The van der Waals surface area contributed by atoms with E-state index >= 15 is 0 Å². The largest absolute Gasteiger partial charge is 2.00 e. The standard InChI is InChI=1S/C24H24N6.2ClHO4.Mn/c1-3-13-27-21(9-1)23-11-5-7-19(29-23)17-25-15-16-26-18-20-8-6-12-24(30-20)22-10-2-4-14-28-22;2*2-1(3,4)5;/h1-14,25-26H,15-18H2;2*(H,2,3,4,5);/q;;;+2/p-2. The van der Waals surface area contributed by atoms with Crippen LogP contribution in [0.4, 0.5) is 0 Å². The van der Waals surface area contributed by atoms with Gasteiger partial charge in [-0.05, 0) is 48.5 Å². The van der Waals surface area contributed by atoms with E-state index in [-0.39, 0.29) is 17.1 Å². The third kappa shape index (κ3) is 18.4. The number of nitrogens with zero attached hydrogens (tertiary/aromatic N) is 4. The Labute approximate surface area is 250 Å². The number of hydrogen-bond acceptors (Lipinski definition) is 14. The van der Waals surface area contributed by atoms with Gasteiger partial charge in [0.25, 0.3) is 0 Å². The first-order valence-corrected chi connectivity index (χ1v) is 13.7. The van der Waals surface area contributed by atoms with Crippen LogP contribution >= 0.6 is 0 Å². The Morgan fingerprint density at radius 2 is 0.829 bits per heavy atom. The summed E-state index contributed by atoms with van der Waals surface area (Å²) in [7, 11) is -9.89. The van der Waals surface area contributed by atoms with Gasteiger partial charge >= 0.3 is 17.1 Å². The fourth-order valence-corrected chi connectivity index (χ4v) is 3.08. The Bertz CT molecular complexity index is 1160. The van der Waals surface area contributed by atoms with Crippen LogP contribution < -0.4 is 47.9 Å². The van der Waals surface area contributed by atoms with E-state index in [2.05, 4.69) is 30.6 Å². The molecule has 4 aromatic heterocycles. The van der Waals surface area contributed by atoms with Gasteiger partial charge in [-0.1, -0.05) is 24.3 Å². The normalized spacial score (nSPS) is 10.8. The van der Waals surface area contributed by atoms with Crippen molar-refractivity contribution in [3.8, 4) is 22.8 Å². The van der Waals surface area contributed by atoms with Crippen molar-refractivity contribution in [1.82, 2.24) is 30.6 Å². The molecular weight excluding hydrogens is 626 g/mol. The maximum absolute atomic E-state index is 8.49. The zero-order valence-electron chi connectivity index (χ0n) is 21.1. The third-order valence-electron chi connectivity index (χ3n) is 4.56. The van der Waals surface area contributed by atoms with Crippen molar-refractivity contribution in [1.29, 1.82) is 0 Å². The topological polar surface area (TPSA) is 260 Å². The molecule has 0 aliphatic rings. The first-order chi connectivity index (χ1) is 18.9. The molecule has 0 fully saturated rings. The van der Waals surface area contributed by atoms with Crippen LogP contribution in [0.25, 0.3) is 22.8 Å². The molecule has 0 saturated heterocycles. The van der Waals surface area contributed by atoms with E-state index in [1.54, 1.807) is 12.4 Å². The van der Waals surface area contributed by atoms with E-state index in [9.17, 15) is 0 Å². The number of aromatic nitrogens is 4. The molecular formula is C24H24Cl2MnN6O8. The zero-order valence-corrected chi connectivity index (χ0v) is 23.8. The second-order valence-corrected chi connectivity index (χ2v) is 9.08. The minimum Gasteiger partial charge on any atom is -0.310 e. The summed E-state index contributed by atoms with van der Waals surface area (Å²) in [4.78, 5) is 18.1. The number of hydrogen-bond donors (Lipinski definition) is 2. The first kappa shape index (κ1) is 36.3. The summed E-state index contributed by atoms with van der Waals surface area (Å²) in [5, 5.41) is 6.86. The number of pyridine rings is 4. The molecule has 0 bridgehead atoms. The molecule has 0 aromatic carbocycles. The molecule has 0 atom stereocenters. The van der Waals surface area contributed by atoms with E-state index < -0.39 is 20.5 Å². The molecule has 0 saturated carbocycles. The van der Waals surface area contributed by atoms with E-state index in [0.717, 1.165) is 60.3 Å². The van der Waals surface area contributed by atoms with Crippen LogP contribution in [0.1, 0.15) is 11.4 Å². The van der Waals surface area contributed by atoms with Gasteiger partial charge in [0, 0.05) is 38.6 Å². The minimum atomic E-state index is -4.94. The summed E-state index contributed by atoms with van der Waals surface area (Å²) in [5.74, 6) is 0. The Morgan fingerprint density at radius 3 is 1.15 bits per heavy atom. The summed E-state index contributed by atoms with van der Waals surface area (Å²) in [6.45, 7) is 3.12. The van der Waals surface area contributed by atoms with Crippen LogP contribution in [0, 0.1) is 20.5 Å². The van der Waals surface area contributed by atoms with Crippen molar-refractivity contribution in [3.63, 3.8) is 0 Å². The van der Waals surface area contributed by atoms with E-state index in [1.807, 2.05) is 72.8 Å². The van der Waals surface area contributed by atoms with Gasteiger partial charge < -0.3 is 10.6 Å². The average molecular weight is 650 g/mol. The van der Waals surface area contributed by atoms with Gasteiger partial charge in [-0.25, -0.2) is 47.2 Å². The van der Waals surface area contributed by atoms with Gasteiger partial charge in [0.2, 0.25) is 0 Å². The molecule has 0 spiro atoms. The van der Waals surface area contributed by atoms with Crippen LogP contribution in [-0.2, 0) is 30.2 Å². The second-order valence-electron chi connectivity index (χ2n) is 7.57. The molecule has 2 N–H and O–H groups in total. The van der Waals surface area contributed by atoms with Crippen LogP contribution in [0.2, 0.25) is 0 Å². The van der Waals surface area contributed by atoms with Gasteiger partial charge in [0.1, 0.15) is 0 Å². The second kappa shape index (κ2) is 18.7. The third-order valence-corrected chi connectivity index (χ3v) is 4.56. The first-order valence-electron chi connectivity index (χ1n) is 11.3. The maximum atomic E-state index is 8.49. The zero-order chi connectivity index (χ0) is 29.4. The molecule has 0 aliphatic carbocycles. The molecule has 14 nitrogen and oxygen atoms in total. The maximum Gasteiger partial charge on any atom is 2.00 e. The molecule has 4 rings (SSSR count). The predicted octanol–water partition coefficient (Wildman–Crippen LogP) is -6.03. The summed E-state index contributed by atoms with van der Waals surface area (Å²) in [5.41, 5.74) is 5.58. The SMILES string of the molecule is [Mn+2].[O-][Cl+3]([O-])([O-])[O-].[O-][Cl+3]([O-])([O-])[O-].c1ccc(-c2cccc(CNCCNCc3cccc(-c4ccccn4)n3)n2)nc1. The molecule has 0 aliphatic heterocycles. The van der Waals surface area contributed by atoms with E-state index in [1.165, 1.54) is 0 Å². The van der Waals surface area contributed by atoms with Crippen LogP contribution in [0.15, 0.2) is 85.2 Å². The summed E-state index contributed by atoms with van der Waals surface area (Å²) in [6, 6.07) is 23.8. The van der Waals surface area contributed by atoms with E-state index in [4.69, 9.17) is 37.3 Å². The van der Waals surface area contributed by atoms with Crippen LogP contribution in [0.3, 0.4) is 0 Å². The fraction of sp³-hybridized carbons (Fsp3) is 0.167. The monoisotopic (exact) mass is 649 g/mol. The van der Waals surface area contributed by atoms with Gasteiger partial charge in [-0.15, -0.1) is 20.5 Å². The Balaban J connectivity index is 0.000000661. The Morgan fingerprint density at radius 1 is 0.488 bits per heavy atom. The van der Waals surface area contributed by atoms with Crippen molar-refractivity contribution >= 4 is 0 Å². The van der Waals surface area contributed by atoms with Crippen LogP contribution in [-0.4, -0.2) is 33.0 Å². The molecule has 1 radical (unpaired) electrons. The van der Waals surface area contributed by atoms with E-state index in [0.29, 0.717) is 0 Å². The van der Waals surface area contributed by atoms with Crippen molar-refractivity contribution < 1.29 is 74.8 Å². The minimum absolute atomic E-state index is 0. The average Bonchev–Trinajstić information content (AvgIpc) is 2.90. The number of halogens is 2. The molecule has 41 heavy (non-hydrogen) atoms. The van der Waals surface area contributed by atoms with Gasteiger partial charge in [0.15, 0.2) is 0 Å². The molecule has 4 heterocycles. The van der Waals surface area contributed by atoms with Crippen molar-refractivity contribution in [2.24, 2.45) is 0 Å². The Kier molecular flexibility index (Phi) is 16.5. The van der Waals surface area contributed by atoms with Gasteiger partial charge in [-0.3, -0.25) is 9.97 Å². The number of nitrogens with one attached hydrogen (secondary N) is 2. The van der Waals surface area contributed by atoms with Crippen molar-refractivity contribution in [2.45, 2.75) is 13.1 Å². The van der Waals surface area contributed by atoms with Gasteiger partial charge in [0.05, 0.1) is 34.2 Å². The molecule has 219 valence electrons. The fourth-order valence-electron chi connectivity index (χ4n) is 3.08. The van der Waals surface area contributed by atoms with Crippen LogP contribution in [0.5, 0.6) is 0 Å². The Hall–Kier alpha value is -2.70. The van der Waals surface area contributed by atoms with Crippen molar-refractivity contribution in [2.75, 3.05) is 13.1 Å². The molecule has 0 unspecified atom stereocenters. The molecule has 0 amide bonds. The summed E-state index contributed by atoms with van der Waals surface area (Å²) < 4.78 is 67.9. The molecule has 4 aromatic rings. The quantitative estimate of drug-likeness (QED) is 0.126. The van der Waals surface area contributed by atoms with Gasteiger partial charge in [-0.2, -0.15) is 0 Å². The van der Waals surface area contributed by atoms with Crippen molar-refractivity contribution in [3.05, 3.63) is 96.6 Å².